The highest BCUT2D eigenvalue weighted by atomic mass is 16.1. The maximum atomic E-state index is 12.7. The largest absolute Gasteiger partial charge is 0.378 e. The first-order valence-corrected chi connectivity index (χ1v) is 9.74. The molecule has 1 amide bonds. The van der Waals surface area contributed by atoms with Crippen molar-refractivity contribution >= 4 is 17.4 Å². The van der Waals surface area contributed by atoms with Gasteiger partial charge in [0, 0.05) is 32.0 Å². The van der Waals surface area contributed by atoms with Crippen LogP contribution in [0.15, 0.2) is 79.3 Å². The predicted octanol–water partition coefficient (Wildman–Crippen LogP) is 3.49. The summed E-state index contributed by atoms with van der Waals surface area (Å²) >= 11 is 0. The Morgan fingerprint density at radius 3 is 2.40 bits per heavy atom. The van der Waals surface area contributed by atoms with Crippen molar-refractivity contribution in [3.05, 3.63) is 95.9 Å². The Balaban J connectivity index is 1.41. The Morgan fingerprint density at radius 1 is 0.933 bits per heavy atom. The summed E-state index contributed by atoms with van der Waals surface area (Å²) in [6.45, 7) is 1.19. The SMILES string of the molecule is CN(C)c1ccc(Cn2nccc2NC(=O)c2cnn(Cc3ccccc3)c2)cc1. The van der Waals surface area contributed by atoms with E-state index < -0.39 is 0 Å². The highest BCUT2D eigenvalue weighted by molar-refractivity contribution is 6.03. The van der Waals surface area contributed by atoms with E-state index in [1.54, 1.807) is 34.0 Å². The van der Waals surface area contributed by atoms with Crippen LogP contribution >= 0.6 is 0 Å². The molecule has 0 saturated heterocycles. The molecular formula is C23H24N6O. The molecule has 4 rings (SSSR count). The number of benzene rings is 2. The number of anilines is 2. The minimum Gasteiger partial charge on any atom is -0.378 e. The van der Waals surface area contributed by atoms with Crippen molar-refractivity contribution in [2.75, 3.05) is 24.3 Å². The molecule has 7 nitrogen and oxygen atoms in total. The van der Waals surface area contributed by atoms with Gasteiger partial charge in [0.2, 0.25) is 0 Å². The van der Waals surface area contributed by atoms with Gasteiger partial charge in [-0.1, -0.05) is 42.5 Å². The van der Waals surface area contributed by atoms with Gasteiger partial charge in [-0.2, -0.15) is 10.2 Å². The zero-order chi connectivity index (χ0) is 20.9. The summed E-state index contributed by atoms with van der Waals surface area (Å²) in [7, 11) is 4.02. The van der Waals surface area contributed by atoms with Crippen LogP contribution in [0.5, 0.6) is 0 Å². The van der Waals surface area contributed by atoms with Gasteiger partial charge in [0.1, 0.15) is 5.82 Å². The van der Waals surface area contributed by atoms with Crippen LogP contribution in [0.1, 0.15) is 21.5 Å². The van der Waals surface area contributed by atoms with Crippen molar-refractivity contribution in [3.8, 4) is 0 Å². The van der Waals surface area contributed by atoms with E-state index in [4.69, 9.17) is 0 Å². The zero-order valence-electron chi connectivity index (χ0n) is 17.1. The molecule has 2 aromatic heterocycles. The van der Waals surface area contributed by atoms with Gasteiger partial charge in [-0.15, -0.1) is 0 Å². The second-order valence-electron chi connectivity index (χ2n) is 7.30. The molecule has 0 saturated carbocycles. The van der Waals surface area contributed by atoms with Crippen molar-refractivity contribution in [1.82, 2.24) is 19.6 Å². The first kappa shape index (κ1) is 19.4. The lowest BCUT2D eigenvalue weighted by Gasteiger charge is -2.13. The van der Waals surface area contributed by atoms with Crippen molar-refractivity contribution in [3.63, 3.8) is 0 Å². The molecule has 4 aromatic rings. The highest BCUT2D eigenvalue weighted by Crippen LogP contribution is 2.16. The minimum atomic E-state index is -0.209. The van der Waals surface area contributed by atoms with Gasteiger partial charge in [-0.25, -0.2) is 4.68 Å². The quantitative estimate of drug-likeness (QED) is 0.516. The van der Waals surface area contributed by atoms with E-state index in [2.05, 4.69) is 44.7 Å². The van der Waals surface area contributed by atoms with Gasteiger partial charge in [-0.3, -0.25) is 9.48 Å². The normalized spacial score (nSPS) is 10.7. The molecule has 0 spiro atoms. The number of aromatic nitrogens is 4. The van der Waals surface area contributed by atoms with Crippen LogP contribution in [0.25, 0.3) is 0 Å². The average Bonchev–Trinajstić information content (AvgIpc) is 3.39. The smallest absolute Gasteiger partial charge is 0.259 e. The molecular weight excluding hydrogens is 376 g/mol. The zero-order valence-corrected chi connectivity index (χ0v) is 17.1. The molecule has 0 unspecified atom stereocenters. The molecule has 0 fully saturated rings. The number of hydrogen-bond acceptors (Lipinski definition) is 4. The first-order valence-electron chi connectivity index (χ1n) is 9.74. The Hall–Kier alpha value is -3.87. The second kappa shape index (κ2) is 8.65. The first-order chi connectivity index (χ1) is 14.6. The van der Waals surface area contributed by atoms with Gasteiger partial charge in [0.25, 0.3) is 5.91 Å². The predicted molar refractivity (Wildman–Crippen MR) is 118 cm³/mol. The number of hydrogen-bond donors (Lipinski definition) is 1. The summed E-state index contributed by atoms with van der Waals surface area (Å²) in [5, 5.41) is 11.6. The van der Waals surface area contributed by atoms with E-state index in [1.807, 2.05) is 44.4 Å². The maximum absolute atomic E-state index is 12.7. The molecule has 7 heteroatoms. The lowest BCUT2D eigenvalue weighted by atomic mass is 10.2. The van der Waals surface area contributed by atoms with Crippen molar-refractivity contribution in [2.24, 2.45) is 0 Å². The number of carbonyl (C=O) groups is 1. The molecule has 0 aliphatic heterocycles. The van der Waals surface area contributed by atoms with E-state index in [9.17, 15) is 4.79 Å². The van der Waals surface area contributed by atoms with Gasteiger partial charge in [0.05, 0.1) is 31.0 Å². The Morgan fingerprint density at radius 2 is 1.67 bits per heavy atom. The lowest BCUT2D eigenvalue weighted by molar-refractivity contribution is 0.102. The minimum absolute atomic E-state index is 0.209. The van der Waals surface area contributed by atoms with Gasteiger partial charge >= 0.3 is 0 Å². The number of amides is 1. The summed E-state index contributed by atoms with van der Waals surface area (Å²) in [6, 6.07) is 20.1. The fourth-order valence-electron chi connectivity index (χ4n) is 3.16. The second-order valence-corrected chi connectivity index (χ2v) is 7.30. The van der Waals surface area contributed by atoms with Crippen LogP contribution in [0.3, 0.4) is 0 Å². The van der Waals surface area contributed by atoms with Crippen LogP contribution in [0.2, 0.25) is 0 Å². The lowest BCUT2D eigenvalue weighted by Crippen LogP contribution is -2.16. The number of rotatable bonds is 7. The number of nitrogens with zero attached hydrogens (tertiary/aromatic N) is 5. The van der Waals surface area contributed by atoms with Gasteiger partial charge in [-0.05, 0) is 23.3 Å². The number of carbonyl (C=O) groups excluding carboxylic acids is 1. The molecule has 1 N–H and O–H groups in total. The van der Waals surface area contributed by atoms with Crippen molar-refractivity contribution in [1.29, 1.82) is 0 Å². The molecule has 2 aromatic carbocycles. The standard InChI is InChI=1S/C23H24N6O/c1-27(2)21-10-8-19(9-11-21)16-29-22(12-13-24-29)26-23(30)20-14-25-28(17-20)15-18-6-4-3-5-7-18/h3-14,17H,15-16H2,1-2H3,(H,26,30). The molecule has 0 radical (unpaired) electrons. The van der Waals surface area contributed by atoms with Crippen LogP contribution in [-0.4, -0.2) is 39.6 Å². The van der Waals surface area contributed by atoms with E-state index in [-0.39, 0.29) is 5.91 Å². The van der Waals surface area contributed by atoms with Crippen molar-refractivity contribution < 1.29 is 4.79 Å². The van der Waals surface area contributed by atoms with Crippen LogP contribution in [0.4, 0.5) is 11.5 Å². The third-order valence-electron chi connectivity index (χ3n) is 4.83. The van der Waals surface area contributed by atoms with Crippen LogP contribution in [0, 0.1) is 0 Å². The highest BCUT2D eigenvalue weighted by Gasteiger charge is 2.12. The summed E-state index contributed by atoms with van der Waals surface area (Å²) < 4.78 is 3.53. The Bertz CT molecular complexity index is 1110. The summed E-state index contributed by atoms with van der Waals surface area (Å²) in [5.41, 5.74) is 3.88. The molecule has 152 valence electrons. The Kier molecular flexibility index (Phi) is 5.61. The van der Waals surface area contributed by atoms with E-state index in [0.29, 0.717) is 24.5 Å². The maximum Gasteiger partial charge on any atom is 0.259 e. The van der Waals surface area contributed by atoms with Gasteiger partial charge in [0.15, 0.2) is 0 Å². The van der Waals surface area contributed by atoms with Gasteiger partial charge < -0.3 is 10.2 Å². The average molecular weight is 400 g/mol. The van der Waals surface area contributed by atoms with Crippen molar-refractivity contribution in [2.45, 2.75) is 13.1 Å². The summed E-state index contributed by atoms with van der Waals surface area (Å²) in [6.07, 6.45) is 5.02. The summed E-state index contributed by atoms with van der Waals surface area (Å²) in [5.74, 6) is 0.437. The number of nitrogens with one attached hydrogen (secondary N) is 1. The van der Waals surface area contributed by atoms with Crippen LogP contribution in [-0.2, 0) is 13.1 Å². The van der Waals surface area contributed by atoms with Crippen LogP contribution < -0.4 is 10.2 Å². The fraction of sp³-hybridized carbons (Fsp3) is 0.174. The molecule has 0 aliphatic carbocycles. The topological polar surface area (TPSA) is 68.0 Å². The fourth-order valence-corrected chi connectivity index (χ4v) is 3.16. The molecule has 0 atom stereocenters. The molecule has 0 aliphatic rings. The monoisotopic (exact) mass is 400 g/mol. The summed E-state index contributed by atoms with van der Waals surface area (Å²) in [4.78, 5) is 14.7. The van der Waals surface area contributed by atoms with E-state index in [0.717, 1.165) is 16.8 Å². The third-order valence-corrected chi connectivity index (χ3v) is 4.83. The van der Waals surface area contributed by atoms with E-state index >= 15 is 0 Å². The molecule has 2 heterocycles. The molecule has 0 bridgehead atoms. The third kappa shape index (κ3) is 4.57. The molecule has 30 heavy (non-hydrogen) atoms. The van der Waals surface area contributed by atoms with E-state index in [1.165, 1.54) is 0 Å². The Labute approximate surface area is 175 Å².